The smallest absolute Gasteiger partial charge is 0.336 e. The standard InChI is InChI=1S/C18H16O4/c1-12-2-4-13(5-3-12)16(19)11-21-15-8-6-14-7-9-18(20)22-17(14)10-15/h2-10,16,19H,11H2,1H3. The van der Waals surface area contributed by atoms with Gasteiger partial charge in [-0.3, -0.25) is 0 Å². The van der Waals surface area contributed by atoms with E-state index in [4.69, 9.17) is 9.15 Å². The number of ether oxygens (including phenoxy) is 1. The molecule has 1 unspecified atom stereocenters. The molecule has 0 spiro atoms. The van der Waals surface area contributed by atoms with Crippen LogP contribution in [0.1, 0.15) is 17.2 Å². The van der Waals surface area contributed by atoms with Gasteiger partial charge in [0, 0.05) is 17.5 Å². The van der Waals surface area contributed by atoms with Crippen LogP contribution in [0.5, 0.6) is 5.75 Å². The van der Waals surface area contributed by atoms with Gasteiger partial charge in [-0.05, 0) is 30.7 Å². The summed E-state index contributed by atoms with van der Waals surface area (Å²) in [4.78, 5) is 11.2. The van der Waals surface area contributed by atoms with Crippen molar-refractivity contribution < 1.29 is 14.3 Å². The monoisotopic (exact) mass is 296 g/mol. The summed E-state index contributed by atoms with van der Waals surface area (Å²) in [5, 5.41) is 11.0. The molecule has 0 fully saturated rings. The molecule has 2 aromatic carbocycles. The summed E-state index contributed by atoms with van der Waals surface area (Å²) in [7, 11) is 0. The zero-order chi connectivity index (χ0) is 15.5. The number of aryl methyl sites for hydroxylation is 1. The van der Waals surface area contributed by atoms with E-state index in [1.165, 1.54) is 6.07 Å². The van der Waals surface area contributed by atoms with Gasteiger partial charge in [0.25, 0.3) is 0 Å². The van der Waals surface area contributed by atoms with Crippen molar-refractivity contribution >= 4 is 11.0 Å². The van der Waals surface area contributed by atoms with Gasteiger partial charge < -0.3 is 14.3 Å². The molecule has 1 heterocycles. The molecule has 22 heavy (non-hydrogen) atoms. The fourth-order valence-electron chi connectivity index (χ4n) is 2.19. The Morgan fingerprint density at radius 2 is 1.82 bits per heavy atom. The topological polar surface area (TPSA) is 59.7 Å². The number of hydrogen-bond donors (Lipinski definition) is 1. The molecule has 1 aromatic heterocycles. The number of rotatable bonds is 4. The minimum absolute atomic E-state index is 0.131. The first-order valence-corrected chi connectivity index (χ1v) is 7.03. The maximum atomic E-state index is 11.2. The zero-order valence-electron chi connectivity index (χ0n) is 12.2. The SMILES string of the molecule is Cc1ccc(C(O)COc2ccc3ccc(=O)oc3c2)cc1. The fourth-order valence-corrected chi connectivity index (χ4v) is 2.19. The van der Waals surface area contributed by atoms with Crippen LogP contribution in [0.2, 0.25) is 0 Å². The second kappa shape index (κ2) is 6.03. The van der Waals surface area contributed by atoms with Crippen LogP contribution in [-0.2, 0) is 0 Å². The van der Waals surface area contributed by atoms with Crippen LogP contribution in [0.25, 0.3) is 11.0 Å². The number of aliphatic hydroxyl groups is 1. The van der Waals surface area contributed by atoms with E-state index in [0.717, 1.165) is 16.5 Å². The Morgan fingerprint density at radius 1 is 1.09 bits per heavy atom. The molecule has 0 radical (unpaired) electrons. The van der Waals surface area contributed by atoms with E-state index >= 15 is 0 Å². The van der Waals surface area contributed by atoms with E-state index < -0.39 is 11.7 Å². The average molecular weight is 296 g/mol. The van der Waals surface area contributed by atoms with Crippen molar-refractivity contribution in [3.8, 4) is 5.75 Å². The van der Waals surface area contributed by atoms with Gasteiger partial charge in [-0.15, -0.1) is 0 Å². The normalized spacial score (nSPS) is 12.3. The highest BCUT2D eigenvalue weighted by atomic mass is 16.5. The number of hydrogen-bond acceptors (Lipinski definition) is 4. The lowest BCUT2D eigenvalue weighted by Gasteiger charge is -2.13. The first-order valence-electron chi connectivity index (χ1n) is 7.03. The van der Waals surface area contributed by atoms with Crippen LogP contribution < -0.4 is 10.4 Å². The third-order valence-corrected chi connectivity index (χ3v) is 3.46. The van der Waals surface area contributed by atoms with E-state index in [9.17, 15) is 9.90 Å². The van der Waals surface area contributed by atoms with Gasteiger partial charge in [-0.25, -0.2) is 4.79 Å². The van der Waals surface area contributed by atoms with E-state index in [1.54, 1.807) is 18.2 Å². The lowest BCUT2D eigenvalue weighted by molar-refractivity contribution is 0.108. The van der Waals surface area contributed by atoms with Crippen molar-refractivity contribution in [2.45, 2.75) is 13.0 Å². The van der Waals surface area contributed by atoms with Crippen LogP contribution >= 0.6 is 0 Å². The lowest BCUT2D eigenvalue weighted by atomic mass is 10.1. The molecule has 0 aliphatic rings. The van der Waals surface area contributed by atoms with Crippen molar-refractivity contribution in [2.75, 3.05) is 6.61 Å². The van der Waals surface area contributed by atoms with Crippen molar-refractivity contribution in [2.24, 2.45) is 0 Å². The number of aliphatic hydroxyl groups excluding tert-OH is 1. The molecule has 0 amide bonds. The van der Waals surface area contributed by atoms with Crippen LogP contribution in [0.3, 0.4) is 0 Å². The summed E-state index contributed by atoms with van der Waals surface area (Å²) in [6, 6.07) is 16.0. The summed E-state index contributed by atoms with van der Waals surface area (Å²) < 4.78 is 10.7. The van der Waals surface area contributed by atoms with Gasteiger partial charge in [-0.2, -0.15) is 0 Å². The predicted molar refractivity (Wildman–Crippen MR) is 84.1 cm³/mol. The molecule has 3 rings (SSSR count). The van der Waals surface area contributed by atoms with Gasteiger partial charge in [0.1, 0.15) is 24.0 Å². The first-order chi connectivity index (χ1) is 10.6. The molecule has 3 aromatic rings. The summed E-state index contributed by atoms with van der Waals surface area (Å²) >= 11 is 0. The molecular formula is C18H16O4. The Morgan fingerprint density at radius 3 is 2.59 bits per heavy atom. The predicted octanol–water partition coefficient (Wildman–Crippen LogP) is 3.21. The van der Waals surface area contributed by atoms with E-state index in [-0.39, 0.29) is 6.61 Å². The highest BCUT2D eigenvalue weighted by molar-refractivity contribution is 5.77. The summed E-state index contributed by atoms with van der Waals surface area (Å²) in [6.07, 6.45) is -0.709. The molecular weight excluding hydrogens is 280 g/mol. The van der Waals surface area contributed by atoms with Crippen LogP contribution in [0.15, 0.2) is 63.8 Å². The number of fused-ring (bicyclic) bond motifs is 1. The van der Waals surface area contributed by atoms with Crippen molar-refractivity contribution in [1.82, 2.24) is 0 Å². The highest BCUT2D eigenvalue weighted by Crippen LogP contribution is 2.21. The minimum atomic E-state index is -0.709. The maximum Gasteiger partial charge on any atom is 0.336 e. The van der Waals surface area contributed by atoms with Crippen molar-refractivity contribution in [1.29, 1.82) is 0 Å². The summed E-state index contributed by atoms with van der Waals surface area (Å²) in [5.74, 6) is 0.549. The Hall–Kier alpha value is -2.59. The largest absolute Gasteiger partial charge is 0.490 e. The van der Waals surface area contributed by atoms with Crippen molar-refractivity contribution in [3.05, 3.63) is 76.1 Å². The molecule has 1 atom stereocenters. The van der Waals surface area contributed by atoms with Crippen molar-refractivity contribution in [3.63, 3.8) is 0 Å². The van der Waals surface area contributed by atoms with Gasteiger partial charge in [0.2, 0.25) is 0 Å². The third kappa shape index (κ3) is 3.18. The molecule has 4 heteroatoms. The van der Waals surface area contributed by atoms with E-state index in [2.05, 4.69) is 0 Å². The molecule has 1 N–H and O–H groups in total. The Balaban J connectivity index is 1.73. The van der Waals surface area contributed by atoms with E-state index in [0.29, 0.717) is 11.3 Å². The van der Waals surface area contributed by atoms with Gasteiger partial charge in [-0.1, -0.05) is 29.8 Å². The van der Waals surface area contributed by atoms with Crippen LogP contribution in [0, 0.1) is 6.92 Å². The first kappa shape index (κ1) is 14.4. The fraction of sp³-hybridized carbons (Fsp3) is 0.167. The number of benzene rings is 2. The minimum Gasteiger partial charge on any atom is -0.490 e. The maximum absolute atomic E-state index is 11.2. The quantitative estimate of drug-likeness (QED) is 0.751. The van der Waals surface area contributed by atoms with Gasteiger partial charge >= 0.3 is 5.63 Å². The zero-order valence-corrected chi connectivity index (χ0v) is 12.2. The summed E-state index contributed by atoms with van der Waals surface area (Å²) in [6.45, 7) is 2.13. The second-order valence-corrected chi connectivity index (χ2v) is 5.19. The van der Waals surface area contributed by atoms with Crippen LogP contribution in [-0.4, -0.2) is 11.7 Å². The third-order valence-electron chi connectivity index (χ3n) is 3.46. The Bertz CT molecular complexity index is 834. The molecule has 0 aliphatic heterocycles. The second-order valence-electron chi connectivity index (χ2n) is 5.19. The lowest BCUT2D eigenvalue weighted by Crippen LogP contribution is -2.09. The Kier molecular flexibility index (Phi) is 3.94. The molecule has 4 nitrogen and oxygen atoms in total. The molecule has 112 valence electrons. The molecule has 0 bridgehead atoms. The highest BCUT2D eigenvalue weighted by Gasteiger charge is 2.09. The molecule has 0 aliphatic carbocycles. The molecule has 0 saturated carbocycles. The van der Waals surface area contributed by atoms with Gasteiger partial charge in [0.15, 0.2) is 0 Å². The molecule has 0 saturated heterocycles. The van der Waals surface area contributed by atoms with Gasteiger partial charge in [0.05, 0.1) is 0 Å². The van der Waals surface area contributed by atoms with E-state index in [1.807, 2.05) is 37.3 Å². The average Bonchev–Trinajstić information content (AvgIpc) is 2.53. The summed E-state index contributed by atoms with van der Waals surface area (Å²) in [5.41, 5.74) is 2.01. The van der Waals surface area contributed by atoms with Crippen LogP contribution in [0.4, 0.5) is 0 Å². The Labute approximate surface area is 127 Å².